The highest BCUT2D eigenvalue weighted by atomic mass is 19.1. The molecule has 3 aliphatic rings. The summed E-state index contributed by atoms with van der Waals surface area (Å²) >= 11 is 0. The van der Waals surface area contributed by atoms with Gasteiger partial charge in [0.1, 0.15) is 5.82 Å². The molecule has 3 fully saturated rings. The van der Waals surface area contributed by atoms with Crippen molar-refractivity contribution in [2.45, 2.75) is 63.5 Å². The second kappa shape index (κ2) is 8.74. The minimum Gasteiger partial charge on any atom is -0.342 e. The first kappa shape index (κ1) is 20.7. The molecule has 4 heteroatoms. The summed E-state index contributed by atoms with van der Waals surface area (Å²) in [5.74, 6) is -0.151. The van der Waals surface area contributed by atoms with E-state index < -0.39 is 0 Å². The molecule has 1 saturated carbocycles. The summed E-state index contributed by atoms with van der Waals surface area (Å²) in [5, 5.41) is 0. The van der Waals surface area contributed by atoms with Gasteiger partial charge in [-0.05, 0) is 48.9 Å². The van der Waals surface area contributed by atoms with E-state index in [1.165, 1.54) is 56.3 Å². The Morgan fingerprint density at radius 1 is 0.968 bits per heavy atom. The van der Waals surface area contributed by atoms with Crippen LogP contribution < -0.4 is 0 Å². The number of hydrogen-bond donors (Lipinski definition) is 0. The van der Waals surface area contributed by atoms with Crippen LogP contribution in [-0.4, -0.2) is 41.4 Å². The van der Waals surface area contributed by atoms with Crippen LogP contribution in [0.5, 0.6) is 0 Å². The van der Waals surface area contributed by atoms with Gasteiger partial charge in [0.25, 0.3) is 0 Å². The molecule has 2 aliphatic heterocycles. The Hall–Kier alpha value is -2.20. The molecule has 0 aromatic heterocycles. The van der Waals surface area contributed by atoms with Crippen LogP contribution in [0.3, 0.4) is 0 Å². The average molecular weight is 421 g/mol. The average Bonchev–Trinajstić information content (AvgIpc) is 2.79. The van der Waals surface area contributed by atoms with Crippen molar-refractivity contribution in [2.75, 3.05) is 19.6 Å². The Balaban J connectivity index is 1.23. The number of benzene rings is 2. The van der Waals surface area contributed by atoms with Crippen LogP contribution in [0.1, 0.15) is 62.1 Å². The van der Waals surface area contributed by atoms with Crippen molar-refractivity contribution >= 4 is 5.91 Å². The summed E-state index contributed by atoms with van der Waals surface area (Å²) in [4.78, 5) is 17.5. The van der Waals surface area contributed by atoms with Crippen molar-refractivity contribution in [3.05, 3.63) is 71.5 Å². The van der Waals surface area contributed by atoms with E-state index >= 15 is 0 Å². The Morgan fingerprint density at radius 2 is 1.71 bits per heavy atom. The Kier molecular flexibility index (Phi) is 5.83. The van der Waals surface area contributed by atoms with Crippen LogP contribution in [0, 0.1) is 11.2 Å². The number of carbonyl (C=O) groups excluding carboxylic acids is 1. The second-order valence-electron chi connectivity index (χ2n) is 9.83. The van der Waals surface area contributed by atoms with Gasteiger partial charge in [-0.1, -0.05) is 61.7 Å². The third-order valence-corrected chi connectivity index (χ3v) is 7.90. The van der Waals surface area contributed by atoms with Crippen molar-refractivity contribution in [2.24, 2.45) is 5.41 Å². The molecule has 2 aromatic carbocycles. The lowest BCUT2D eigenvalue weighted by atomic mass is 9.60. The highest BCUT2D eigenvalue weighted by Crippen LogP contribution is 2.58. The van der Waals surface area contributed by atoms with Crippen LogP contribution >= 0.6 is 0 Å². The summed E-state index contributed by atoms with van der Waals surface area (Å²) in [6.07, 6.45) is 9.19. The molecule has 0 radical (unpaired) electrons. The molecule has 2 heterocycles. The van der Waals surface area contributed by atoms with Gasteiger partial charge >= 0.3 is 0 Å². The van der Waals surface area contributed by atoms with E-state index in [2.05, 4.69) is 35.2 Å². The lowest BCUT2D eigenvalue weighted by molar-refractivity contribution is -0.143. The van der Waals surface area contributed by atoms with Crippen LogP contribution in [0.15, 0.2) is 54.6 Å². The van der Waals surface area contributed by atoms with Crippen LogP contribution in [-0.2, 0) is 11.2 Å². The molecule has 1 atom stereocenters. The van der Waals surface area contributed by atoms with E-state index in [-0.39, 0.29) is 11.7 Å². The van der Waals surface area contributed by atoms with Crippen LogP contribution in [0.25, 0.3) is 0 Å². The van der Waals surface area contributed by atoms with E-state index in [1.807, 2.05) is 11.0 Å². The number of amides is 1. The first-order valence-corrected chi connectivity index (χ1v) is 12.0. The third kappa shape index (κ3) is 4.15. The van der Waals surface area contributed by atoms with Crippen molar-refractivity contribution in [1.82, 2.24) is 9.80 Å². The minimum atomic E-state index is -0.273. The lowest BCUT2D eigenvalue weighted by Crippen LogP contribution is -2.63. The van der Waals surface area contributed by atoms with Gasteiger partial charge in [0.05, 0.1) is 6.42 Å². The molecule has 2 saturated heterocycles. The zero-order valence-corrected chi connectivity index (χ0v) is 18.3. The fraction of sp³-hybridized carbons (Fsp3) is 0.519. The lowest BCUT2D eigenvalue weighted by Gasteiger charge is -2.63. The largest absolute Gasteiger partial charge is 0.342 e. The van der Waals surface area contributed by atoms with Gasteiger partial charge in [-0.3, -0.25) is 9.69 Å². The topological polar surface area (TPSA) is 23.6 Å². The van der Waals surface area contributed by atoms with E-state index in [9.17, 15) is 9.18 Å². The molecule has 31 heavy (non-hydrogen) atoms. The van der Waals surface area contributed by atoms with Gasteiger partial charge in [0, 0.05) is 37.1 Å². The van der Waals surface area contributed by atoms with Crippen molar-refractivity contribution in [1.29, 1.82) is 0 Å². The maximum atomic E-state index is 13.4. The highest BCUT2D eigenvalue weighted by Gasteiger charge is 2.54. The number of piperidine rings is 1. The Labute approximate surface area is 185 Å². The van der Waals surface area contributed by atoms with E-state index in [1.54, 1.807) is 6.07 Å². The summed E-state index contributed by atoms with van der Waals surface area (Å²) in [6, 6.07) is 18.6. The quantitative estimate of drug-likeness (QED) is 0.664. The molecule has 5 rings (SSSR count). The van der Waals surface area contributed by atoms with Crippen molar-refractivity contribution in [3.63, 3.8) is 0 Å². The van der Waals surface area contributed by atoms with E-state index in [0.29, 0.717) is 23.9 Å². The van der Waals surface area contributed by atoms with Crippen LogP contribution in [0.4, 0.5) is 4.39 Å². The molecule has 1 amide bonds. The summed E-state index contributed by atoms with van der Waals surface area (Å²) in [6.45, 7) is 2.84. The molecule has 1 unspecified atom stereocenters. The number of nitrogens with zero attached hydrogens (tertiary/aromatic N) is 2. The summed E-state index contributed by atoms with van der Waals surface area (Å²) in [7, 11) is 0. The SMILES string of the molecule is O=C(Cc1cccc(F)c1)N1CCC(N2CC3(CCCCC3)C2c2ccccc2)CC1. The summed E-state index contributed by atoms with van der Waals surface area (Å²) in [5.41, 5.74) is 2.70. The minimum absolute atomic E-state index is 0.121. The van der Waals surface area contributed by atoms with Crippen molar-refractivity contribution < 1.29 is 9.18 Å². The molecule has 2 aromatic rings. The fourth-order valence-corrected chi connectivity index (χ4v) is 6.37. The molecule has 0 bridgehead atoms. The zero-order valence-electron chi connectivity index (χ0n) is 18.3. The highest BCUT2D eigenvalue weighted by molar-refractivity contribution is 5.78. The fourth-order valence-electron chi connectivity index (χ4n) is 6.37. The molecule has 164 valence electrons. The number of hydrogen-bond acceptors (Lipinski definition) is 2. The Bertz CT molecular complexity index is 900. The smallest absolute Gasteiger partial charge is 0.226 e. The normalized spacial score (nSPS) is 24.2. The maximum absolute atomic E-state index is 13.4. The van der Waals surface area contributed by atoms with E-state index in [4.69, 9.17) is 0 Å². The molecule has 1 aliphatic carbocycles. The van der Waals surface area contributed by atoms with Gasteiger partial charge in [-0.2, -0.15) is 0 Å². The molecular weight excluding hydrogens is 387 g/mol. The summed E-state index contributed by atoms with van der Waals surface area (Å²) < 4.78 is 13.4. The third-order valence-electron chi connectivity index (χ3n) is 7.90. The zero-order chi connectivity index (χ0) is 21.3. The number of halogens is 1. The number of carbonyl (C=O) groups is 1. The molecular formula is C27H33FN2O. The first-order valence-electron chi connectivity index (χ1n) is 12.0. The standard InChI is InChI=1S/C27H33FN2O/c28-23-11-7-8-21(18-23)19-25(31)29-16-12-24(13-17-29)30-20-27(14-5-2-6-15-27)26(30)22-9-3-1-4-10-22/h1,3-4,7-11,18,24,26H,2,5-6,12-17,19-20H2. The number of rotatable bonds is 4. The molecule has 0 N–H and O–H groups in total. The predicted octanol–water partition coefficient (Wildman–Crippen LogP) is 5.37. The molecule has 1 spiro atoms. The maximum Gasteiger partial charge on any atom is 0.226 e. The van der Waals surface area contributed by atoms with Gasteiger partial charge in [0.2, 0.25) is 5.91 Å². The molecule has 3 nitrogen and oxygen atoms in total. The monoisotopic (exact) mass is 420 g/mol. The van der Waals surface area contributed by atoms with E-state index in [0.717, 1.165) is 31.5 Å². The Morgan fingerprint density at radius 3 is 2.42 bits per heavy atom. The van der Waals surface area contributed by atoms with Gasteiger partial charge in [0.15, 0.2) is 0 Å². The first-order chi connectivity index (χ1) is 15.1. The van der Waals surface area contributed by atoms with Crippen molar-refractivity contribution in [3.8, 4) is 0 Å². The number of likely N-dealkylation sites (tertiary alicyclic amines) is 2. The van der Waals surface area contributed by atoms with Gasteiger partial charge in [-0.25, -0.2) is 4.39 Å². The predicted molar refractivity (Wildman–Crippen MR) is 121 cm³/mol. The van der Waals surface area contributed by atoms with Crippen LogP contribution in [0.2, 0.25) is 0 Å². The van der Waals surface area contributed by atoms with Gasteiger partial charge in [-0.15, -0.1) is 0 Å². The second-order valence-corrected chi connectivity index (χ2v) is 9.83. The van der Waals surface area contributed by atoms with Gasteiger partial charge < -0.3 is 4.90 Å².